The van der Waals surface area contributed by atoms with Gasteiger partial charge in [-0.05, 0) is 36.2 Å². The van der Waals surface area contributed by atoms with E-state index in [2.05, 4.69) is 31.8 Å². The van der Waals surface area contributed by atoms with Crippen LogP contribution in [-0.4, -0.2) is 53.3 Å². The van der Waals surface area contributed by atoms with Gasteiger partial charge in [0.1, 0.15) is 5.76 Å². The lowest BCUT2D eigenvalue weighted by Crippen LogP contribution is -2.50. The third-order valence-corrected chi connectivity index (χ3v) is 5.75. The maximum Gasteiger partial charge on any atom is 0.138 e. The molecular weight excluding hydrogens is 310 g/mol. The van der Waals surface area contributed by atoms with Crippen LogP contribution in [0.1, 0.15) is 22.6 Å². The van der Waals surface area contributed by atoms with Crippen molar-refractivity contribution in [3.05, 3.63) is 39.4 Å². The lowest BCUT2D eigenvalue weighted by molar-refractivity contribution is -0.0506. The molecule has 0 aromatic carbocycles. The number of rotatable bonds is 4. The molecule has 2 aromatic heterocycles. The van der Waals surface area contributed by atoms with E-state index in [0.29, 0.717) is 12.1 Å². The Morgan fingerprint density at radius 3 is 2.96 bits per heavy atom. The second-order valence-electron chi connectivity index (χ2n) is 6.58. The monoisotopic (exact) mass is 333 g/mol. The minimum atomic E-state index is 0.322. The topological polar surface area (TPSA) is 41.7 Å². The Morgan fingerprint density at radius 1 is 1.30 bits per heavy atom. The number of nitrogens with zero attached hydrogens (tertiary/aromatic N) is 3. The fourth-order valence-corrected chi connectivity index (χ4v) is 4.39. The molecule has 23 heavy (non-hydrogen) atoms. The van der Waals surface area contributed by atoms with Gasteiger partial charge in [0, 0.05) is 38.3 Å². The summed E-state index contributed by atoms with van der Waals surface area (Å²) in [7, 11) is 0. The second kappa shape index (κ2) is 6.36. The summed E-state index contributed by atoms with van der Waals surface area (Å²) in [6, 6.07) is 2.69. The lowest BCUT2D eigenvalue weighted by atomic mass is 10.1. The van der Waals surface area contributed by atoms with Crippen molar-refractivity contribution in [3.8, 4) is 0 Å². The zero-order valence-corrected chi connectivity index (χ0v) is 14.5. The Balaban J connectivity index is 1.45. The molecule has 4 heterocycles. The summed E-state index contributed by atoms with van der Waals surface area (Å²) in [6.07, 6.45) is 0.322. The highest BCUT2D eigenvalue weighted by Gasteiger charge is 2.40. The molecule has 5 nitrogen and oxygen atoms in total. The van der Waals surface area contributed by atoms with Crippen LogP contribution in [0, 0.1) is 13.8 Å². The van der Waals surface area contributed by atoms with Crippen LogP contribution in [0.3, 0.4) is 0 Å². The van der Waals surface area contributed by atoms with E-state index in [9.17, 15) is 0 Å². The molecule has 2 fully saturated rings. The number of ether oxygens (including phenoxy) is 1. The van der Waals surface area contributed by atoms with Crippen LogP contribution in [0.2, 0.25) is 0 Å². The van der Waals surface area contributed by atoms with E-state index in [0.717, 1.165) is 50.8 Å². The van der Waals surface area contributed by atoms with Crippen molar-refractivity contribution in [3.63, 3.8) is 0 Å². The molecule has 6 heteroatoms. The molecule has 2 saturated heterocycles. The zero-order valence-electron chi connectivity index (χ0n) is 13.7. The van der Waals surface area contributed by atoms with E-state index in [1.807, 2.05) is 13.8 Å². The molecule has 0 spiro atoms. The van der Waals surface area contributed by atoms with Gasteiger partial charge in [0.25, 0.3) is 0 Å². The average Bonchev–Trinajstić information content (AvgIpc) is 3.25. The summed E-state index contributed by atoms with van der Waals surface area (Å²) in [4.78, 5) is 5.07. The zero-order chi connectivity index (χ0) is 15.8. The summed E-state index contributed by atoms with van der Waals surface area (Å²) in [5.41, 5.74) is 3.66. The van der Waals surface area contributed by atoms with Crippen LogP contribution in [0.4, 0.5) is 0 Å². The molecule has 0 amide bonds. The SMILES string of the molecule is Cc1noc(C)c1CN1CCO[C@H]2CN(Cc3ccsc3)C[C@H]21. The Kier molecular flexibility index (Phi) is 4.24. The first-order valence-corrected chi connectivity index (χ1v) is 9.16. The van der Waals surface area contributed by atoms with Crippen molar-refractivity contribution in [2.24, 2.45) is 0 Å². The summed E-state index contributed by atoms with van der Waals surface area (Å²) in [5.74, 6) is 0.943. The van der Waals surface area contributed by atoms with Crippen molar-refractivity contribution in [2.45, 2.75) is 39.1 Å². The molecule has 0 unspecified atom stereocenters. The van der Waals surface area contributed by atoms with Crippen molar-refractivity contribution >= 4 is 11.3 Å². The smallest absolute Gasteiger partial charge is 0.138 e. The minimum Gasteiger partial charge on any atom is -0.374 e. The average molecular weight is 333 g/mol. The van der Waals surface area contributed by atoms with E-state index in [1.165, 1.54) is 11.1 Å². The van der Waals surface area contributed by atoms with Gasteiger partial charge in [-0.1, -0.05) is 5.16 Å². The number of morpholine rings is 1. The van der Waals surface area contributed by atoms with Crippen LogP contribution in [-0.2, 0) is 17.8 Å². The van der Waals surface area contributed by atoms with Crippen molar-refractivity contribution in [2.75, 3.05) is 26.2 Å². The maximum atomic E-state index is 6.04. The molecule has 2 aliphatic rings. The minimum absolute atomic E-state index is 0.322. The van der Waals surface area contributed by atoms with Gasteiger partial charge in [-0.3, -0.25) is 9.80 Å². The highest BCUT2D eigenvalue weighted by Crippen LogP contribution is 2.27. The highest BCUT2D eigenvalue weighted by molar-refractivity contribution is 7.07. The number of thiophene rings is 1. The quantitative estimate of drug-likeness (QED) is 0.860. The second-order valence-corrected chi connectivity index (χ2v) is 7.36. The Hall–Kier alpha value is -1.21. The lowest BCUT2D eigenvalue weighted by Gasteiger charge is -2.36. The number of fused-ring (bicyclic) bond motifs is 1. The van der Waals surface area contributed by atoms with E-state index < -0.39 is 0 Å². The molecule has 4 rings (SSSR count). The van der Waals surface area contributed by atoms with E-state index in [-0.39, 0.29) is 0 Å². The summed E-state index contributed by atoms with van der Waals surface area (Å²) in [6.45, 7) is 9.87. The number of aromatic nitrogens is 1. The molecule has 0 N–H and O–H groups in total. The largest absolute Gasteiger partial charge is 0.374 e. The number of hydrogen-bond acceptors (Lipinski definition) is 6. The van der Waals surface area contributed by atoms with Crippen molar-refractivity contribution < 1.29 is 9.26 Å². The summed E-state index contributed by atoms with van der Waals surface area (Å²) < 4.78 is 11.4. The molecule has 2 atom stereocenters. The van der Waals surface area contributed by atoms with Crippen LogP contribution in [0.25, 0.3) is 0 Å². The standard InChI is InChI=1S/C17H23N3O2S/c1-12-15(13(2)22-18-12)8-20-4-5-21-17-10-19(9-16(17)20)7-14-3-6-23-11-14/h3,6,11,16-17H,4-5,7-10H2,1-2H3/t16-,17+/m1/s1. The first-order chi connectivity index (χ1) is 11.2. The van der Waals surface area contributed by atoms with Crippen LogP contribution in [0.5, 0.6) is 0 Å². The molecule has 124 valence electrons. The van der Waals surface area contributed by atoms with Crippen LogP contribution >= 0.6 is 11.3 Å². The summed E-state index contributed by atoms with van der Waals surface area (Å²) >= 11 is 1.77. The van der Waals surface area contributed by atoms with E-state index in [4.69, 9.17) is 9.26 Å². The van der Waals surface area contributed by atoms with E-state index in [1.54, 1.807) is 11.3 Å². The predicted octanol–water partition coefficient (Wildman–Crippen LogP) is 2.44. The van der Waals surface area contributed by atoms with Crippen molar-refractivity contribution in [1.82, 2.24) is 15.0 Å². The van der Waals surface area contributed by atoms with Gasteiger partial charge in [0.05, 0.1) is 24.4 Å². The predicted molar refractivity (Wildman–Crippen MR) is 89.5 cm³/mol. The first-order valence-electron chi connectivity index (χ1n) is 8.21. The van der Waals surface area contributed by atoms with Crippen LogP contribution in [0.15, 0.2) is 21.3 Å². The molecule has 0 aliphatic carbocycles. The normalized spacial score (nSPS) is 25.8. The van der Waals surface area contributed by atoms with Gasteiger partial charge >= 0.3 is 0 Å². The molecule has 2 aromatic rings. The van der Waals surface area contributed by atoms with E-state index >= 15 is 0 Å². The Labute approximate surface area is 140 Å². The summed E-state index contributed by atoms with van der Waals surface area (Å²) in [5, 5.41) is 8.48. The van der Waals surface area contributed by atoms with Gasteiger partial charge in [0.2, 0.25) is 0 Å². The van der Waals surface area contributed by atoms with Gasteiger partial charge in [-0.2, -0.15) is 11.3 Å². The van der Waals surface area contributed by atoms with Gasteiger partial charge in [-0.25, -0.2) is 0 Å². The van der Waals surface area contributed by atoms with Gasteiger partial charge in [-0.15, -0.1) is 0 Å². The van der Waals surface area contributed by atoms with Gasteiger partial charge < -0.3 is 9.26 Å². The molecular formula is C17H23N3O2S. The molecule has 0 radical (unpaired) electrons. The van der Waals surface area contributed by atoms with Crippen LogP contribution < -0.4 is 0 Å². The molecule has 0 bridgehead atoms. The Bertz CT molecular complexity index is 635. The third-order valence-electron chi connectivity index (χ3n) is 5.02. The highest BCUT2D eigenvalue weighted by atomic mass is 32.1. The molecule has 2 aliphatic heterocycles. The van der Waals surface area contributed by atoms with Crippen molar-refractivity contribution in [1.29, 1.82) is 0 Å². The third kappa shape index (κ3) is 3.08. The number of likely N-dealkylation sites (tertiary alicyclic amines) is 1. The van der Waals surface area contributed by atoms with Gasteiger partial charge in [0.15, 0.2) is 0 Å². The fourth-order valence-electron chi connectivity index (χ4n) is 3.73. The first kappa shape index (κ1) is 15.3. The number of hydrogen-bond donors (Lipinski definition) is 0. The molecule has 0 saturated carbocycles. The number of aryl methyl sites for hydroxylation is 2. The maximum absolute atomic E-state index is 6.04. The Morgan fingerprint density at radius 2 is 2.22 bits per heavy atom. The fraction of sp³-hybridized carbons (Fsp3) is 0.588.